The highest BCUT2D eigenvalue weighted by Crippen LogP contribution is 2.09. The van der Waals surface area contributed by atoms with Gasteiger partial charge < -0.3 is 5.32 Å². The first kappa shape index (κ1) is 12.7. The van der Waals surface area contributed by atoms with Gasteiger partial charge in [0.15, 0.2) is 5.69 Å². The average Bonchev–Trinajstić information content (AvgIpc) is 2.49. The summed E-state index contributed by atoms with van der Waals surface area (Å²) in [5.74, 6) is -0.476. The highest BCUT2D eigenvalue weighted by Gasteiger charge is 2.17. The molecule has 0 fully saturated rings. The lowest BCUT2D eigenvalue weighted by Crippen LogP contribution is -2.23. The molecule has 0 bridgehead atoms. The molecule has 1 aromatic heterocycles. The molecule has 0 spiro atoms. The Hall–Kier alpha value is -1.40. The molecule has 0 unspecified atom stereocenters. The molecule has 6 heteroatoms. The Balaban J connectivity index is 0.00000128. The summed E-state index contributed by atoms with van der Waals surface area (Å²) in [6.45, 7) is 2.49. The van der Waals surface area contributed by atoms with Gasteiger partial charge >= 0.3 is 0 Å². The van der Waals surface area contributed by atoms with Gasteiger partial charge in [0, 0.05) is 20.1 Å². The van der Waals surface area contributed by atoms with E-state index in [2.05, 4.69) is 10.4 Å². The van der Waals surface area contributed by atoms with Crippen molar-refractivity contribution in [1.29, 1.82) is 0 Å². The lowest BCUT2D eigenvalue weighted by Gasteiger charge is -2.04. The highest BCUT2D eigenvalue weighted by atomic mass is 16.5. The number of nitrogens with one attached hydrogen (secondary N) is 1. The molecule has 1 aliphatic rings. The zero-order valence-corrected chi connectivity index (χ0v) is 8.60. The maximum Gasteiger partial charge on any atom is 0.297 e. The minimum Gasteiger partial charge on any atom is -0.311 e. The van der Waals surface area contributed by atoms with E-state index in [9.17, 15) is 4.79 Å². The summed E-state index contributed by atoms with van der Waals surface area (Å²) >= 11 is 0. The minimum absolute atomic E-state index is 0. The van der Waals surface area contributed by atoms with Crippen LogP contribution in [0.3, 0.4) is 0 Å². The third-order valence-electron chi connectivity index (χ3n) is 2.41. The van der Waals surface area contributed by atoms with Crippen molar-refractivity contribution in [3.05, 3.63) is 17.5 Å². The van der Waals surface area contributed by atoms with Crippen molar-refractivity contribution in [2.24, 2.45) is 0 Å². The van der Waals surface area contributed by atoms with Gasteiger partial charge in [-0.1, -0.05) is 7.43 Å². The van der Waals surface area contributed by atoms with E-state index in [1.807, 2.05) is 4.68 Å². The fourth-order valence-electron chi connectivity index (χ4n) is 1.63. The van der Waals surface area contributed by atoms with Gasteiger partial charge in [-0.3, -0.25) is 14.7 Å². The first-order chi connectivity index (χ1) is 7.18. The maximum absolute atomic E-state index is 11.4. The fraction of sp³-hybridized carbons (Fsp3) is 0.600. The molecule has 2 N–H and O–H groups in total. The number of hydrogen-bond acceptors (Lipinski definition) is 4. The lowest BCUT2D eigenvalue weighted by atomic mass is 10.3. The summed E-state index contributed by atoms with van der Waals surface area (Å²) in [6, 6.07) is 1.72. The van der Waals surface area contributed by atoms with Crippen LogP contribution in [-0.4, -0.2) is 39.6 Å². The molecule has 0 saturated heterocycles. The van der Waals surface area contributed by atoms with E-state index in [0.717, 1.165) is 31.7 Å². The largest absolute Gasteiger partial charge is 0.311 e. The number of hydrogen-bond donors (Lipinski definition) is 2. The topological polar surface area (TPSA) is 70.4 Å². The molecule has 2 rings (SSSR count). The molecular formula is C10H18N4O2. The van der Waals surface area contributed by atoms with Gasteiger partial charge in [0.2, 0.25) is 0 Å². The number of nitrogens with zero attached hydrogens (tertiary/aromatic N) is 3. The van der Waals surface area contributed by atoms with E-state index >= 15 is 0 Å². The quantitative estimate of drug-likeness (QED) is 0.539. The third kappa shape index (κ3) is 2.40. The minimum atomic E-state index is -0.476. The molecule has 0 aromatic carbocycles. The molecule has 16 heavy (non-hydrogen) atoms. The number of aryl methyl sites for hydroxylation is 1. The molecule has 0 aliphatic carbocycles. The van der Waals surface area contributed by atoms with Gasteiger partial charge in [-0.05, 0) is 19.0 Å². The zero-order valence-electron chi connectivity index (χ0n) is 8.60. The number of amides is 1. The van der Waals surface area contributed by atoms with Crippen LogP contribution in [0.25, 0.3) is 0 Å². The van der Waals surface area contributed by atoms with Crippen LogP contribution in [0.5, 0.6) is 0 Å². The van der Waals surface area contributed by atoms with E-state index in [1.165, 1.54) is 7.05 Å². The normalized spacial score (nSPS) is 14.6. The van der Waals surface area contributed by atoms with Crippen molar-refractivity contribution >= 4 is 5.91 Å². The Morgan fingerprint density at radius 2 is 2.44 bits per heavy atom. The Labute approximate surface area is 94.8 Å². The van der Waals surface area contributed by atoms with Crippen LogP contribution in [0.1, 0.15) is 30.0 Å². The molecular weight excluding hydrogens is 208 g/mol. The van der Waals surface area contributed by atoms with Crippen molar-refractivity contribution in [1.82, 2.24) is 20.2 Å². The highest BCUT2D eigenvalue weighted by molar-refractivity contribution is 5.91. The zero-order chi connectivity index (χ0) is 10.8. The van der Waals surface area contributed by atoms with Crippen LogP contribution in [0.15, 0.2) is 6.07 Å². The van der Waals surface area contributed by atoms with Crippen molar-refractivity contribution in [2.75, 3.05) is 13.6 Å². The Morgan fingerprint density at radius 1 is 1.69 bits per heavy atom. The van der Waals surface area contributed by atoms with Gasteiger partial charge in [-0.15, -0.1) is 0 Å². The van der Waals surface area contributed by atoms with Gasteiger partial charge in [0.05, 0.1) is 5.69 Å². The summed E-state index contributed by atoms with van der Waals surface area (Å²) < 4.78 is 1.82. The summed E-state index contributed by atoms with van der Waals surface area (Å²) in [5.41, 5.74) is 1.27. The van der Waals surface area contributed by atoms with E-state index in [4.69, 9.17) is 5.21 Å². The monoisotopic (exact) mass is 226 g/mol. The summed E-state index contributed by atoms with van der Waals surface area (Å²) in [5, 5.41) is 17.0. The Bertz CT molecular complexity index is 349. The predicted molar refractivity (Wildman–Crippen MR) is 59.2 cm³/mol. The summed E-state index contributed by atoms with van der Waals surface area (Å²) in [6.07, 6.45) is 0.997. The van der Waals surface area contributed by atoms with Crippen molar-refractivity contribution in [3.63, 3.8) is 0 Å². The number of rotatable bonds is 1. The smallest absolute Gasteiger partial charge is 0.297 e. The second kappa shape index (κ2) is 5.09. The van der Waals surface area contributed by atoms with Crippen LogP contribution >= 0.6 is 0 Å². The first-order valence-electron chi connectivity index (χ1n) is 4.93. The van der Waals surface area contributed by atoms with E-state index in [0.29, 0.717) is 10.8 Å². The standard InChI is InChI=1S/C9H14N4O2.CH4/c1-12(15)9(14)8-5-7-6-10-3-2-4-13(7)11-8;/h5,10,15H,2-4,6H2,1H3;1H4. The molecule has 0 atom stereocenters. The fourth-order valence-corrected chi connectivity index (χ4v) is 1.63. The van der Waals surface area contributed by atoms with Crippen molar-refractivity contribution < 1.29 is 10.0 Å². The van der Waals surface area contributed by atoms with Crippen LogP contribution in [0.4, 0.5) is 0 Å². The number of fused-ring (bicyclic) bond motifs is 1. The molecule has 1 aliphatic heterocycles. The summed E-state index contributed by atoms with van der Waals surface area (Å²) in [7, 11) is 1.30. The van der Waals surface area contributed by atoms with Gasteiger partial charge in [-0.25, -0.2) is 5.06 Å². The first-order valence-corrected chi connectivity index (χ1v) is 4.93. The lowest BCUT2D eigenvalue weighted by molar-refractivity contribution is -0.0380. The number of hydroxylamine groups is 2. The third-order valence-corrected chi connectivity index (χ3v) is 2.41. The molecule has 2 heterocycles. The molecule has 90 valence electrons. The number of carbonyl (C=O) groups excluding carboxylic acids is 1. The van der Waals surface area contributed by atoms with Crippen LogP contribution in [0.2, 0.25) is 0 Å². The SMILES string of the molecule is C.CN(O)C(=O)c1cc2n(n1)CCCNC2. The molecule has 1 amide bonds. The van der Waals surface area contributed by atoms with Crippen LogP contribution < -0.4 is 5.32 Å². The second-order valence-electron chi connectivity index (χ2n) is 3.60. The Kier molecular flexibility index (Phi) is 4.03. The maximum atomic E-state index is 11.4. The predicted octanol–water partition coefficient (Wildman–Crippen LogP) is 0.474. The van der Waals surface area contributed by atoms with Gasteiger partial charge in [-0.2, -0.15) is 5.10 Å². The van der Waals surface area contributed by atoms with Crippen LogP contribution in [-0.2, 0) is 13.1 Å². The summed E-state index contributed by atoms with van der Waals surface area (Å²) in [4.78, 5) is 11.4. The second-order valence-corrected chi connectivity index (χ2v) is 3.60. The van der Waals surface area contributed by atoms with E-state index in [-0.39, 0.29) is 7.43 Å². The van der Waals surface area contributed by atoms with Crippen molar-refractivity contribution in [3.8, 4) is 0 Å². The van der Waals surface area contributed by atoms with Gasteiger partial charge in [0.25, 0.3) is 5.91 Å². The molecule has 1 aromatic rings. The van der Waals surface area contributed by atoms with Gasteiger partial charge in [0.1, 0.15) is 0 Å². The average molecular weight is 226 g/mol. The Morgan fingerprint density at radius 3 is 3.12 bits per heavy atom. The molecule has 6 nitrogen and oxygen atoms in total. The van der Waals surface area contributed by atoms with E-state index < -0.39 is 5.91 Å². The number of aromatic nitrogens is 2. The molecule has 0 radical (unpaired) electrons. The van der Waals surface area contributed by atoms with Crippen molar-refractivity contribution in [2.45, 2.75) is 26.9 Å². The number of carbonyl (C=O) groups is 1. The molecule has 0 saturated carbocycles. The van der Waals surface area contributed by atoms with E-state index in [1.54, 1.807) is 6.07 Å². The van der Waals surface area contributed by atoms with Crippen LogP contribution in [0, 0.1) is 0 Å².